The van der Waals surface area contributed by atoms with Gasteiger partial charge in [-0.25, -0.2) is 5.43 Å². The van der Waals surface area contributed by atoms with E-state index in [2.05, 4.69) is 31.8 Å². The number of carbonyl (C=O) groups excluding carboxylic acids is 2. The highest BCUT2D eigenvalue weighted by Gasteiger charge is 2.14. The van der Waals surface area contributed by atoms with E-state index in [1.807, 2.05) is 39.8 Å². The summed E-state index contributed by atoms with van der Waals surface area (Å²) in [5.74, 6) is 0.117. The molecule has 0 fully saturated rings. The highest BCUT2D eigenvalue weighted by atomic mass is 79.9. The van der Waals surface area contributed by atoms with Gasteiger partial charge in [-0.05, 0) is 58.4 Å². The van der Waals surface area contributed by atoms with E-state index >= 15 is 0 Å². The van der Waals surface area contributed by atoms with Crippen molar-refractivity contribution < 1.29 is 14.3 Å². The van der Waals surface area contributed by atoms with Crippen LogP contribution in [0.25, 0.3) is 0 Å². The molecule has 0 aliphatic rings. The van der Waals surface area contributed by atoms with Crippen LogP contribution in [0.1, 0.15) is 39.7 Å². The van der Waals surface area contributed by atoms with Crippen LogP contribution in [0, 0.1) is 6.92 Å². The SMILES string of the molecule is C/C(CC(=O)NC(C)(C)C)=N/NC(=O)COc1ccc(Br)cc1C. The van der Waals surface area contributed by atoms with Crippen molar-refractivity contribution in [1.29, 1.82) is 0 Å². The van der Waals surface area contributed by atoms with Crippen LogP contribution in [0.4, 0.5) is 0 Å². The van der Waals surface area contributed by atoms with Gasteiger partial charge in [-0.1, -0.05) is 15.9 Å². The number of nitrogens with one attached hydrogen (secondary N) is 2. The number of aryl methyl sites for hydroxylation is 1. The molecule has 0 saturated heterocycles. The molecule has 1 aromatic rings. The Morgan fingerprint density at radius 1 is 1.25 bits per heavy atom. The summed E-state index contributed by atoms with van der Waals surface area (Å²) >= 11 is 3.37. The molecule has 0 saturated carbocycles. The summed E-state index contributed by atoms with van der Waals surface area (Å²) in [5.41, 5.74) is 3.54. The van der Waals surface area contributed by atoms with E-state index in [-0.39, 0.29) is 30.4 Å². The summed E-state index contributed by atoms with van der Waals surface area (Å²) in [6, 6.07) is 5.54. The number of ether oxygens (including phenoxy) is 1. The molecular formula is C17H24BrN3O3. The van der Waals surface area contributed by atoms with Gasteiger partial charge in [-0.2, -0.15) is 5.10 Å². The van der Waals surface area contributed by atoms with E-state index in [9.17, 15) is 9.59 Å². The lowest BCUT2D eigenvalue weighted by Gasteiger charge is -2.20. The first-order chi connectivity index (χ1) is 11.1. The van der Waals surface area contributed by atoms with E-state index in [0.717, 1.165) is 10.0 Å². The van der Waals surface area contributed by atoms with Gasteiger partial charge in [-0.3, -0.25) is 9.59 Å². The molecule has 0 bridgehead atoms. The lowest BCUT2D eigenvalue weighted by atomic mass is 10.1. The molecule has 0 heterocycles. The minimum atomic E-state index is -0.382. The fourth-order valence-electron chi connectivity index (χ4n) is 1.84. The van der Waals surface area contributed by atoms with Gasteiger partial charge in [0, 0.05) is 15.7 Å². The first-order valence-electron chi connectivity index (χ1n) is 7.59. The van der Waals surface area contributed by atoms with Crippen molar-refractivity contribution in [3.8, 4) is 5.75 Å². The summed E-state index contributed by atoms with van der Waals surface area (Å²) in [6.07, 6.45) is 0.129. The summed E-state index contributed by atoms with van der Waals surface area (Å²) < 4.78 is 6.40. The number of benzene rings is 1. The zero-order valence-corrected chi connectivity index (χ0v) is 16.3. The Morgan fingerprint density at radius 3 is 2.50 bits per heavy atom. The monoisotopic (exact) mass is 397 g/mol. The van der Waals surface area contributed by atoms with E-state index in [0.29, 0.717) is 11.5 Å². The van der Waals surface area contributed by atoms with Crippen molar-refractivity contribution >= 4 is 33.5 Å². The van der Waals surface area contributed by atoms with Gasteiger partial charge in [0.15, 0.2) is 6.61 Å². The molecule has 1 aromatic carbocycles. The Hall–Kier alpha value is -1.89. The Bertz CT molecular complexity index is 636. The maximum Gasteiger partial charge on any atom is 0.277 e. The highest BCUT2D eigenvalue weighted by Crippen LogP contribution is 2.21. The predicted octanol–water partition coefficient (Wildman–Crippen LogP) is 2.93. The summed E-state index contributed by atoms with van der Waals surface area (Å²) in [5, 5.41) is 6.75. The minimum absolute atomic E-state index is 0.129. The maximum absolute atomic E-state index is 11.8. The normalized spacial score (nSPS) is 11.8. The van der Waals surface area contributed by atoms with Crippen molar-refractivity contribution in [3.63, 3.8) is 0 Å². The first kappa shape index (κ1) is 20.2. The van der Waals surface area contributed by atoms with Crippen LogP contribution in [0.15, 0.2) is 27.8 Å². The zero-order chi connectivity index (χ0) is 18.3. The molecule has 0 radical (unpaired) electrons. The van der Waals surface area contributed by atoms with Crippen LogP contribution < -0.4 is 15.5 Å². The number of amides is 2. The van der Waals surface area contributed by atoms with Crippen molar-refractivity contribution in [1.82, 2.24) is 10.7 Å². The fourth-order valence-corrected chi connectivity index (χ4v) is 2.32. The molecule has 0 aliphatic carbocycles. The topological polar surface area (TPSA) is 79.8 Å². The third kappa shape index (κ3) is 8.10. The predicted molar refractivity (Wildman–Crippen MR) is 98.1 cm³/mol. The number of nitrogens with zero attached hydrogens (tertiary/aromatic N) is 1. The van der Waals surface area contributed by atoms with Gasteiger partial charge < -0.3 is 10.1 Å². The largest absolute Gasteiger partial charge is 0.483 e. The molecule has 0 aromatic heterocycles. The highest BCUT2D eigenvalue weighted by molar-refractivity contribution is 9.10. The molecule has 7 heteroatoms. The molecule has 0 spiro atoms. The average molecular weight is 398 g/mol. The zero-order valence-electron chi connectivity index (χ0n) is 14.7. The van der Waals surface area contributed by atoms with Gasteiger partial charge in [0.2, 0.25) is 5.91 Å². The second-order valence-electron chi connectivity index (χ2n) is 6.56. The van der Waals surface area contributed by atoms with Crippen LogP contribution in [0.5, 0.6) is 5.75 Å². The van der Waals surface area contributed by atoms with E-state index < -0.39 is 0 Å². The number of rotatable bonds is 6. The maximum atomic E-state index is 11.8. The summed E-state index contributed by atoms with van der Waals surface area (Å²) in [4.78, 5) is 23.5. The molecule has 0 atom stereocenters. The Morgan fingerprint density at radius 2 is 1.92 bits per heavy atom. The van der Waals surface area contributed by atoms with E-state index in [1.165, 1.54) is 0 Å². The Balaban J connectivity index is 2.43. The van der Waals surface area contributed by atoms with Gasteiger partial charge in [0.05, 0.1) is 6.42 Å². The lowest BCUT2D eigenvalue weighted by molar-refractivity contribution is -0.123. The van der Waals surface area contributed by atoms with Crippen LogP contribution in [0.3, 0.4) is 0 Å². The van der Waals surface area contributed by atoms with Crippen LogP contribution in [-0.4, -0.2) is 29.7 Å². The third-order valence-electron chi connectivity index (χ3n) is 2.80. The second-order valence-corrected chi connectivity index (χ2v) is 7.47. The molecule has 2 amide bonds. The number of halogens is 1. The second kappa shape index (κ2) is 8.82. The van der Waals surface area contributed by atoms with E-state index in [1.54, 1.807) is 13.0 Å². The molecule has 6 nitrogen and oxygen atoms in total. The van der Waals surface area contributed by atoms with Crippen molar-refractivity contribution in [2.45, 2.75) is 46.6 Å². The van der Waals surface area contributed by atoms with Gasteiger partial charge in [-0.15, -0.1) is 0 Å². The number of carbonyl (C=O) groups is 2. The minimum Gasteiger partial charge on any atom is -0.483 e. The van der Waals surface area contributed by atoms with Gasteiger partial charge >= 0.3 is 0 Å². The Labute approximate surface area is 151 Å². The molecular weight excluding hydrogens is 374 g/mol. The fraction of sp³-hybridized carbons (Fsp3) is 0.471. The van der Waals surface area contributed by atoms with Crippen molar-refractivity contribution in [2.75, 3.05) is 6.61 Å². The lowest BCUT2D eigenvalue weighted by Crippen LogP contribution is -2.41. The Kier molecular flexibility index (Phi) is 7.41. The van der Waals surface area contributed by atoms with Crippen molar-refractivity contribution in [2.24, 2.45) is 5.10 Å². The smallest absolute Gasteiger partial charge is 0.277 e. The van der Waals surface area contributed by atoms with Gasteiger partial charge in [0.1, 0.15) is 5.75 Å². The number of hydrogen-bond acceptors (Lipinski definition) is 4. The van der Waals surface area contributed by atoms with E-state index in [4.69, 9.17) is 4.74 Å². The third-order valence-corrected chi connectivity index (χ3v) is 3.29. The van der Waals surface area contributed by atoms with Crippen molar-refractivity contribution in [3.05, 3.63) is 28.2 Å². The first-order valence-corrected chi connectivity index (χ1v) is 8.38. The quantitative estimate of drug-likeness (QED) is 0.571. The average Bonchev–Trinajstić information content (AvgIpc) is 2.42. The summed E-state index contributed by atoms with van der Waals surface area (Å²) in [6.45, 7) is 9.14. The molecule has 24 heavy (non-hydrogen) atoms. The van der Waals surface area contributed by atoms with Crippen LogP contribution in [-0.2, 0) is 9.59 Å². The molecule has 0 aliphatic heterocycles. The molecule has 2 N–H and O–H groups in total. The standard InChI is InChI=1S/C17H24BrN3O3/c1-11-8-13(18)6-7-14(11)24-10-16(23)21-20-12(2)9-15(22)19-17(3,4)5/h6-8H,9-10H2,1-5H3,(H,19,22)(H,21,23)/b20-12-. The molecule has 0 unspecified atom stereocenters. The number of hydrazone groups is 1. The number of hydrogen-bond donors (Lipinski definition) is 2. The van der Waals surface area contributed by atoms with Crippen LogP contribution in [0.2, 0.25) is 0 Å². The molecule has 132 valence electrons. The van der Waals surface area contributed by atoms with Crippen LogP contribution >= 0.6 is 15.9 Å². The summed E-state index contributed by atoms with van der Waals surface area (Å²) in [7, 11) is 0. The molecule has 1 rings (SSSR count). The van der Waals surface area contributed by atoms with Gasteiger partial charge in [0.25, 0.3) is 5.91 Å².